The van der Waals surface area contributed by atoms with Crippen molar-refractivity contribution in [1.82, 2.24) is 0 Å². The van der Waals surface area contributed by atoms with Crippen LogP contribution >= 0.6 is 0 Å². The van der Waals surface area contributed by atoms with E-state index in [4.69, 9.17) is 0 Å². The Morgan fingerprint density at radius 1 is 1.08 bits per heavy atom. The quantitative estimate of drug-likeness (QED) is 0.527. The Bertz CT molecular complexity index is 180. The van der Waals surface area contributed by atoms with Crippen LogP contribution in [0.2, 0.25) is 0 Å². The zero-order valence-electron chi connectivity index (χ0n) is 6.30. The highest BCUT2D eigenvalue weighted by molar-refractivity contribution is 4.98. The molecule has 0 aliphatic carbocycles. The second-order valence-corrected chi connectivity index (χ2v) is 1.53. The molecule has 0 amide bonds. The third kappa shape index (κ3) is 8.90. The zero-order valence-corrected chi connectivity index (χ0v) is 6.30. The number of hydrogen-bond donors (Lipinski definition) is 0. The minimum Gasteiger partial charge on any atom is -0.216 e. The topological polar surface area (TPSA) is 0 Å². The van der Waals surface area contributed by atoms with E-state index >= 15 is 0 Å². The van der Waals surface area contributed by atoms with Gasteiger partial charge in [0.2, 0.25) is 0 Å². The van der Waals surface area contributed by atoms with Crippen LogP contribution in [0.5, 0.6) is 0 Å². The molecule has 0 radical (unpaired) electrons. The van der Waals surface area contributed by atoms with Crippen molar-refractivity contribution in [3.05, 3.63) is 24.3 Å². The summed E-state index contributed by atoms with van der Waals surface area (Å²) in [5.74, 6) is -3.33. The molecule has 0 heterocycles. The number of rotatable bonds is 0. The summed E-state index contributed by atoms with van der Waals surface area (Å²) in [6.07, 6.45) is -7.07. The maximum absolute atomic E-state index is 11.0. The fourth-order valence-corrected chi connectivity index (χ4v) is 0.107. The van der Waals surface area contributed by atoms with Crippen molar-refractivity contribution in [1.29, 1.82) is 0 Å². The summed E-state index contributed by atoms with van der Waals surface area (Å²) in [6.45, 7) is 1.62. The number of alkyl halides is 3. The van der Waals surface area contributed by atoms with Gasteiger partial charge in [-0.25, -0.2) is 4.39 Å². The van der Waals surface area contributed by atoms with Gasteiger partial charge in [-0.05, 0) is 6.92 Å². The molecule has 0 bridgehead atoms. The zero-order chi connectivity index (χ0) is 11.1. The molecule has 0 spiro atoms. The Labute approximate surface area is 69.3 Å². The molecule has 0 rings (SSSR count). The van der Waals surface area contributed by atoms with Crippen LogP contribution in [0, 0.1) is 0 Å². The number of allylic oxidation sites excluding steroid dienone is 2. The van der Waals surface area contributed by atoms with Gasteiger partial charge >= 0.3 is 12.3 Å². The van der Waals surface area contributed by atoms with Gasteiger partial charge in [0.05, 0.1) is 6.33 Å². The lowest BCUT2D eigenvalue weighted by Gasteiger charge is -1.98. The molecule has 78 valence electrons. The van der Waals surface area contributed by atoms with E-state index in [1.807, 2.05) is 0 Å². The fourth-order valence-electron chi connectivity index (χ4n) is 0.107. The first kappa shape index (κ1) is 14.5. The van der Waals surface area contributed by atoms with Gasteiger partial charge in [-0.1, -0.05) is 6.08 Å². The van der Waals surface area contributed by atoms with Crippen molar-refractivity contribution in [2.75, 3.05) is 0 Å². The highest BCUT2D eigenvalue weighted by Crippen LogP contribution is 2.29. The summed E-state index contributed by atoms with van der Waals surface area (Å²) in [4.78, 5) is 0. The van der Waals surface area contributed by atoms with Crippen LogP contribution in [0.25, 0.3) is 0 Å². The normalized spacial score (nSPS) is 10.8. The molecular formula is C6H5F7. The molecule has 0 atom stereocenters. The average molecular weight is 210 g/mol. The Morgan fingerprint density at radius 3 is 1.38 bits per heavy atom. The number of hydrogen-bond acceptors (Lipinski definition) is 0. The third-order valence-corrected chi connectivity index (χ3v) is 0.541. The molecule has 0 fully saturated rings. The molecule has 0 aromatic heterocycles. The molecule has 13 heavy (non-hydrogen) atoms. The molecule has 0 saturated heterocycles. The average Bonchev–Trinajstić information content (AvgIpc) is 2.02. The largest absolute Gasteiger partial charge is 0.448 e. The Morgan fingerprint density at radius 2 is 1.38 bits per heavy atom. The van der Waals surface area contributed by atoms with E-state index in [0.29, 0.717) is 6.33 Å². The van der Waals surface area contributed by atoms with Gasteiger partial charge in [0.15, 0.2) is 0 Å². The van der Waals surface area contributed by atoms with E-state index in [1.165, 1.54) is 6.08 Å². The maximum Gasteiger partial charge on any atom is 0.448 e. The van der Waals surface area contributed by atoms with Gasteiger partial charge in [-0.2, -0.15) is 26.3 Å². The first-order valence-electron chi connectivity index (χ1n) is 2.76. The summed E-state index contributed by atoms with van der Waals surface area (Å²) < 4.78 is 75.4. The summed E-state index contributed by atoms with van der Waals surface area (Å²) >= 11 is 0. The molecule has 0 N–H and O–H groups in total. The van der Waals surface area contributed by atoms with E-state index < -0.39 is 18.1 Å². The molecule has 0 nitrogen and oxygen atoms in total. The van der Waals surface area contributed by atoms with Crippen LogP contribution in [-0.2, 0) is 0 Å². The lowest BCUT2D eigenvalue weighted by atomic mass is 10.6. The van der Waals surface area contributed by atoms with Gasteiger partial charge in [0.1, 0.15) is 0 Å². The van der Waals surface area contributed by atoms with Crippen LogP contribution in [0.15, 0.2) is 24.3 Å². The molecule has 0 aromatic rings. The lowest BCUT2D eigenvalue weighted by molar-refractivity contribution is -0.113. The smallest absolute Gasteiger partial charge is 0.216 e. The first-order valence-corrected chi connectivity index (χ1v) is 2.76. The molecule has 0 aliphatic rings. The molecule has 0 saturated carbocycles. The van der Waals surface area contributed by atoms with Gasteiger partial charge in [0, 0.05) is 0 Å². The van der Waals surface area contributed by atoms with E-state index in [1.54, 1.807) is 6.92 Å². The first-order chi connectivity index (χ1) is 5.77. The minimum absolute atomic E-state index is 0.500. The molecule has 7 heteroatoms. The van der Waals surface area contributed by atoms with Crippen molar-refractivity contribution < 1.29 is 30.7 Å². The highest BCUT2D eigenvalue weighted by Gasteiger charge is 2.38. The van der Waals surface area contributed by atoms with Crippen LogP contribution in [0.3, 0.4) is 0 Å². The number of halogens is 7. The fraction of sp³-hybridized carbons (Fsp3) is 0.333. The molecule has 0 aliphatic heterocycles. The van der Waals surface area contributed by atoms with E-state index in [-0.39, 0.29) is 0 Å². The summed E-state index contributed by atoms with van der Waals surface area (Å²) in [7, 11) is 0. The van der Waals surface area contributed by atoms with Crippen LogP contribution in [-0.4, -0.2) is 6.18 Å². The van der Waals surface area contributed by atoms with E-state index in [9.17, 15) is 30.7 Å². The van der Waals surface area contributed by atoms with Gasteiger partial charge in [-0.3, -0.25) is 0 Å². The third-order valence-electron chi connectivity index (χ3n) is 0.541. The van der Waals surface area contributed by atoms with E-state index in [2.05, 4.69) is 0 Å². The van der Waals surface area contributed by atoms with Gasteiger partial charge in [-0.15, -0.1) is 0 Å². The van der Waals surface area contributed by atoms with Crippen molar-refractivity contribution in [3.63, 3.8) is 0 Å². The SMILES string of the molecule is CC=CF.FC(F)=C(F)C(F)(F)F. The molecule has 0 unspecified atom stereocenters. The van der Waals surface area contributed by atoms with Crippen LogP contribution < -0.4 is 0 Å². The Balaban J connectivity index is 0. The van der Waals surface area contributed by atoms with Crippen molar-refractivity contribution in [3.8, 4) is 0 Å². The summed E-state index contributed by atoms with van der Waals surface area (Å²) in [6, 6.07) is 0. The second-order valence-electron chi connectivity index (χ2n) is 1.53. The molecular weight excluding hydrogens is 205 g/mol. The van der Waals surface area contributed by atoms with Crippen LogP contribution in [0.4, 0.5) is 30.7 Å². The predicted octanol–water partition coefficient (Wildman–Crippen LogP) is 4.12. The lowest BCUT2D eigenvalue weighted by Crippen LogP contribution is -2.08. The maximum atomic E-state index is 11.0. The monoisotopic (exact) mass is 210 g/mol. The van der Waals surface area contributed by atoms with Gasteiger partial charge in [0.25, 0.3) is 5.83 Å². The van der Waals surface area contributed by atoms with E-state index in [0.717, 1.165) is 0 Å². The van der Waals surface area contributed by atoms with Crippen molar-refractivity contribution >= 4 is 0 Å². The predicted molar refractivity (Wildman–Crippen MR) is 32.3 cm³/mol. The van der Waals surface area contributed by atoms with Crippen LogP contribution in [0.1, 0.15) is 6.92 Å². The minimum atomic E-state index is -5.56. The molecule has 0 aromatic carbocycles. The van der Waals surface area contributed by atoms with Crippen molar-refractivity contribution in [2.45, 2.75) is 13.1 Å². The summed E-state index contributed by atoms with van der Waals surface area (Å²) in [5.41, 5.74) is 0. The summed E-state index contributed by atoms with van der Waals surface area (Å²) in [5, 5.41) is 0. The second kappa shape index (κ2) is 6.50. The van der Waals surface area contributed by atoms with Crippen molar-refractivity contribution in [2.24, 2.45) is 0 Å². The Kier molecular flexibility index (Phi) is 7.26. The highest BCUT2D eigenvalue weighted by atomic mass is 19.4. The standard InChI is InChI=1S/C3F6.C3H5F/c4-1(2(5)6)3(7,8)9;1-2-3-4/h;2-3H,1H3. The Hall–Kier alpha value is -1.01. The van der Waals surface area contributed by atoms with Gasteiger partial charge < -0.3 is 0 Å².